The molecule has 0 spiro atoms. The molecule has 3 heterocycles. The number of carboxylic acids is 1. The second kappa shape index (κ2) is 12.0. The number of nitrogens with zero attached hydrogens (tertiary/aromatic N) is 5. The summed E-state index contributed by atoms with van der Waals surface area (Å²) in [4.78, 5) is 41.1. The highest BCUT2D eigenvalue weighted by atomic mass is 32.1. The van der Waals surface area contributed by atoms with E-state index in [4.69, 9.17) is 9.97 Å². The van der Waals surface area contributed by atoms with Crippen LogP contribution in [0.1, 0.15) is 76.6 Å². The molecule has 1 saturated carbocycles. The Hall–Kier alpha value is -4.08. The normalized spacial score (nSPS) is 20.6. The molecular formula is C28H31N7O4S. The first-order chi connectivity index (χ1) is 19.4. The number of aliphatic carboxylic acids is 1. The van der Waals surface area contributed by atoms with Gasteiger partial charge in [-0.05, 0) is 51.0 Å². The SMILES string of the molecule is Cc1ccc([C@@H]2CCCN2c2nc(Nc3ncc(C#N)s3)c(CO)c(C(=O)NC3CCC(C(=O)O)CC3)n2)cc1. The third kappa shape index (κ3) is 5.90. The van der Waals surface area contributed by atoms with E-state index >= 15 is 0 Å². The number of benzene rings is 1. The predicted molar refractivity (Wildman–Crippen MR) is 149 cm³/mol. The Labute approximate surface area is 235 Å². The highest BCUT2D eigenvalue weighted by molar-refractivity contribution is 7.16. The zero-order valence-corrected chi connectivity index (χ0v) is 22.9. The van der Waals surface area contributed by atoms with Crippen LogP contribution >= 0.6 is 11.3 Å². The molecule has 0 radical (unpaired) electrons. The number of carboxylic acid groups (broad SMARTS) is 1. The van der Waals surface area contributed by atoms with Crippen molar-refractivity contribution in [3.63, 3.8) is 0 Å². The van der Waals surface area contributed by atoms with Gasteiger partial charge < -0.3 is 25.7 Å². The Morgan fingerprint density at radius 3 is 2.55 bits per heavy atom. The lowest BCUT2D eigenvalue weighted by Crippen LogP contribution is -2.40. The number of thiazole rings is 1. The maximum Gasteiger partial charge on any atom is 0.306 e. The maximum absolute atomic E-state index is 13.6. The van der Waals surface area contributed by atoms with Gasteiger partial charge in [0.1, 0.15) is 22.5 Å². The zero-order chi connectivity index (χ0) is 28.2. The number of hydrogen-bond donors (Lipinski definition) is 4. The molecule has 208 valence electrons. The first-order valence-electron chi connectivity index (χ1n) is 13.4. The molecule has 1 amide bonds. The number of amides is 1. The summed E-state index contributed by atoms with van der Waals surface area (Å²) in [6.45, 7) is 2.25. The molecule has 1 aliphatic heterocycles. The van der Waals surface area contributed by atoms with Gasteiger partial charge in [0.05, 0.1) is 30.3 Å². The molecule has 2 aliphatic rings. The lowest BCUT2D eigenvalue weighted by Gasteiger charge is -2.28. The topological polar surface area (TPSA) is 164 Å². The van der Waals surface area contributed by atoms with E-state index in [1.54, 1.807) is 0 Å². The molecule has 4 N–H and O–H groups in total. The molecule has 2 fully saturated rings. The summed E-state index contributed by atoms with van der Waals surface area (Å²) in [5.41, 5.74) is 2.58. The van der Waals surface area contributed by atoms with E-state index in [2.05, 4.69) is 50.9 Å². The number of hydrogen-bond acceptors (Lipinski definition) is 10. The van der Waals surface area contributed by atoms with E-state index in [-0.39, 0.29) is 29.2 Å². The largest absolute Gasteiger partial charge is 0.481 e. The third-order valence-electron chi connectivity index (χ3n) is 7.59. The van der Waals surface area contributed by atoms with E-state index in [0.717, 1.165) is 29.7 Å². The van der Waals surface area contributed by atoms with E-state index < -0.39 is 24.4 Å². The molecule has 11 nitrogen and oxygen atoms in total. The van der Waals surface area contributed by atoms with Crippen molar-refractivity contribution < 1.29 is 19.8 Å². The summed E-state index contributed by atoms with van der Waals surface area (Å²) >= 11 is 1.14. The van der Waals surface area contributed by atoms with Crippen LogP contribution in [0.5, 0.6) is 0 Å². The second-order valence-electron chi connectivity index (χ2n) is 10.2. The van der Waals surface area contributed by atoms with Gasteiger partial charge in [0.25, 0.3) is 5.91 Å². The molecule has 1 atom stereocenters. The monoisotopic (exact) mass is 561 g/mol. The summed E-state index contributed by atoms with van der Waals surface area (Å²) in [6.07, 6.45) is 5.37. The molecule has 0 unspecified atom stereocenters. The maximum atomic E-state index is 13.6. The van der Waals surface area contributed by atoms with Gasteiger partial charge in [0.15, 0.2) is 5.13 Å². The minimum atomic E-state index is -0.806. The summed E-state index contributed by atoms with van der Waals surface area (Å²) in [5, 5.41) is 35.4. The molecule has 3 aromatic rings. The quantitative estimate of drug-likeness (QED) is 0.315. The summed E-state index contributed by atoms with van der Waals surface area (Å²) in [6, 6.07) is 10.2. The van der Waals surface area contributed by atoms with Crippen LogP contribution in [0.4, 0.5) is 16.9 Å². The van der Waals surface area contributed by atoms with Crippen molar-refractivity contribution in [2.75, 3.05) is 16.8 Å². The van der Waals surface area contributed by atoms with Crippen LogP contribution in [0.3, 0.4) is 0 Å². The summed E-state index contributed by atoms with van der Waals surface area (Å²) < 4.78 is 0. The van der Waals surface area contributed by atoms with E-state index in [1.165, 1.54) is 11.8 Å². The van der Waals surface area contributed by atoms with Crippen LogP contribution < -0.4 is 15.5 Å². The van der Waals surface area contributed by atoms with Crippen molar-refractivity contribution in [3.8, 4) is 6.07 Å². The Morgan fingerprint density at radius 2 is 1.90 bits per heavy atom. The second-order valence-corrected chi connectivity index (χ2v) is 11.3. The molecule has 12 heteroatoms. The lowest BCUT2D eigenvalue weighted by molar-refractivity contribution is -0.142. The van der Waals surface area contributed by atoms with Crippen LogP contribution in [0.25, 0.3) is 0 Å². The van der Waals surface area contributed by atoms with E-state index in [1.807, 2.05) is 6.92 Å². The van der Waals surface area contributed by atoms with Gasteiger partial charge >= 0.3 is 5.97 Å². The molecule has 5 rings (SSSR count). The number of anilines is 3. The predicted octanol–water partition coefficient (Wildman–Crippen LogP) is 4.06. The minimum absolute atomic E-state index is 0.0284. The van der Waals surface area contributed by atoms with E-state index in [0.29, 0.717) is 48.2 Å². The fourth-order valence-corrected chi connectivity index (χ4v) is 6.02. The Kier molecular flexibility index (Phi) is 8.23. The van der Waals surface area contributed by atoms with Gasteiger partial charge in [-0.15, -0.1) is 0 Å². The standard InChI is InChI=1S/C28H31N7O4S/c1-16-4-6-17(7-5-16)22-3-2-12-35(22)27-32-23(25(37)31-19-10-8-18(9-11-19)26(38)39)21(15-36)24(33-27)34-28-30-14-20(13-29)40-28/h4-7,14,18-19,22,36H,2-3,8-12,15H2,1H3,(H,31,37)(H,38,39)(H,30,32,33,34)/t18?,19?,22-/m0/s1. The Balaban J connectivity index is 1.49. The van der Waals surface area contributed by atoms with Gasteiger partial charge in [0.2, 0.25) is 5.95 Å². The molecule has 1 aromatic carbocycles. The van der Waals surface area contributed by atoms with Crippen molar-refractivity contribution in [3.05, 3.63) is 57.7 Å². The molecule has 1 saturated heterocycles. The number of nitrogens with one attached hydrogen (secondary N) is 2. The van der Waals surface area contributed by atoms with Gasteiger partial charge in [-0.3, -0.25) is 9.59 Å². The molecule has 40 heavy (non-hydrogen) atoms. The van der Waals surface area contributed by atoms with Crippen molar-refractivity contribution in [1.82, 2.24) is 20.3 Å². The average Bonchev–Trinajstić information content (AvgIpc) is 3.63. The number of aryl methyl sites for hydroxylation is 1. The van der Waals surface area contributed by atoms with Gasteiger partial charge in [-0.25, -0.2) is 9.97 Å². The fourth-order valence-electron chi connectivity index (χ4n) is 5.41. The fraction of sp³-hybridized carbons (Fsp3) is 0.429. The third-order valence-corrected chi connectivity index (χ3v) is 8.41. The van der Waals surface area contributed by atoms with Gasteiger partial charge in [-0.1, -0.05) is 41.2 Å². The molecular weight excluding hydrogens is 530 g/mol. The molecule has 1 aliphatic carbocycles. The van der Waals surface area contributed by atoms with Crippen LogP contribution in [-0.4, -0.2) is 49.6 Å². The number of nitriles is 1. The van der Waals surface area contributed by atoms with Gasteiger partial charge in [0, 0.05) is 12.6 Å². The first kappa shape index (κ1) is 27.5. The van der Waals surface area contributed by atoms with Gasteiger partial charge in [-0.2, -0.15) is 10.2 Å². The number of carbonyl (C=O) groups is 2. The van der Waals surface area contributed by atoms with E-state index in [9.17, 15) is 25.1 Å². The molecule has 0 bridgehead atoms. The first-order valence-corrected chi connectivity index (χ1v) is 14.2. The highest BCUT2D eigenvalue weighted by Crippen LogP contribution is 2.36. The highest BCUT2D eigenvalue weighted by Gasteiger charge is 2.32. The lowest BCUT2D eigenvalue weighted by atomic mass is 9.86. The van der Waals surface area contributed by atoms with Crippen molar-refractivity contribution in [2.45, 2.75) is 64.1 Å². The minimum Gasteiger partial charge on any atom is -0.481 e. The smallest absolute Gasteiger partial charge is 0.306 e. The van der Waals surface area contributed by atoms with Crippen LogP contribution in [-0.2, 0) is 11.4 Å². The number of rotatable bonds is 8. The number of aromatic nitrogens is 3. The summed E-state index contributed by atoms with van der Waals surface area (Å²) in [7, 11) is 0. The summed E-state index contributed by atoms with van der Waals surface area (Å²) in [5.74, 6) is -1.04. The number of aliphatic hydroxyl groups is 1. The number of aliphatic hydroxyl groups excluding tert-OH is 1. The zero-order valence-electron chi connectivity index (χ0n) is 22.1. The van der Waals surface area contributed by atoms with Crippen LogP contribution in [0.2, 0.25) is 0 Å². The Bertz CT molecular complexity index is 1430. The molecule has 2 aromatic heterocycles. The number of carbonyl (C=O) groups excluding carboxylic acids is 1. The average molecular weight is 562 g/mol. The van der Waals surface area contributed by atoms with Crippen molar-refractivity contribution in [1.29, 1.82) is 5.26 Å². The van der Waals surface area contributed by atoms with Crippen molar-refractivity contribution in [2.24, 2.45) is 5.92 Å². The van der Waals surface area contributed by atoms with Crippen LogP contribution in [0, 0.1) is 24.2 Å². The Morgan fingerprint density at radius 1 is 1.15 bits per heavy atom. The van der Waals surface area contributed by atoms with Crippen molar-refractivity contribution >= 4 is 40.1 Å². The van der Waals surface area contributed by atoms with Crippen LogP contribution in [0.15, 0.2) is 30.5 Å².